The third kappa shape index (κ3) is 5.26. The topological polar surface area (TPSA) is 102 Å². The first kappa shape index (κ1) is 25.8. The monoisotopic (exact) mass is 518 g/mol. The van der Waals surface area contributed by atoms with E-state index in [9.17, 15) is 14.7 Å². The molecule has 2 fully saturated rings. The van der Waals surface area contributed by atoms with Crippen molar-refractivity contribution >= 4 is 12.1 Å². The van der Waals surface area contributed by atoms with Gasteiger partial charge in [-0.2, -0.15) is 0 Å². The van der Waals surface area contributed by atoms with Gasteiger partial charge < -0.3 is 23.9 Å². The Balaban J connectivity index is 1.17. The lowest BCUT2D eigenvalue weighted by Gasteiger charge is -2.17. The van der Waals surface area contributed by atoms with Gasteiger partial charge in [0.25, 0.3) is 0 Å². The van der Waals surface area contributed by atoms with E-state index >= 15 is 0 Å². The molecule has 5 rings (SSSR count). The molecule has 8 heteroatoms. The highest BCUT2D eigenvalue weighted by molar-refractivity contribution is 5.77. The number of hydrogen-bond acceptors (Lipinski definition) is 6. The van der Waals surface area contributed by atoms with Gasteiger partial charge in [-0.05, 0) is 55.0 Å². The van der Waals surface area contributed by atoms with Gasteiger partial charge in [0.1, 0.15) is 11.5 Å². The maximum absolute atomic E-state index is 12.5. The smallest absolute Gasteiger partial charge is 0.409 e. The molecule has 8 nitrogen and oxygen atoms in total. The van der Waals surface area contributed by atoms with Crippen molar-refractivity contribution in [1.29, 1.82) is 0 Å². The van der Waals surface area contributed by atoms with Crippen molar-refractivity contribution < 1.29 is 28.6 Å². The zero-order chi connectivity index (χ0) is 26.9. The normalized spacial score (nSPS) is 22.2. The first-order chi connectivity index (χ1) is 18.3. The van der Waals surface area contributed by atoms with Crippen LogP contribution in [0.2, 0.25) is 0 Å². The average molecular weight is 519 g/mol. The highest BCUT2D eigenvalue weighted by atomic mass is 16.6. The fourth-order valence-corrected chi connectivity index (χ4v) is 5.48. The second kappa shape index (κ2) is 10.5. The Hall–Kier alpha value is -3.81. The van der Waals surface area contributed by atoms with Crippen molar-refractivity contribution in [3.8, 4) is 17.2 Å². The van der Waals surface area contributed by atoms with E-state index < -0.39 is 23.4 Å². The molecule has 1 amide bonds. The van der Waals surface area contributed by atoms with Crippen molar-refractivity contribution in [3.63, 3.8) is 0 Å². The summed E-state index contributed by atoms with van der Waals surface area (Å²) in [7, 11) is 0. The van der Waals surface area contributed by atoms with Gasteiger partial charge in [-0.15, -0.1) is 0 Å². The van der Waals surface area contributed by atoms with Crippen LogP contribution >= 0.6 is 0 Å². The Morgan fingerprint density at radius 3 is 2.58 bits per heavy atom. The van der Waals surface area contributed by atoms with Crippen LogP contribution in [0.3, 0.4) is 0 Å². The van der Waals surface area contributed by atoms with Gasteiger partial charge in [0.15, 0.2) is 0 Å². The molecule has 200 valence electrons. The minimum Gasteiger partial charge on any atom is -0.493 e. The van der Waals surface area contributed by atoms with E-state index in [1.54, 1.807) is 4.90 Å². The molecule has 38 heavy (non-hydrogen) atoms. The molecule has 1 unspecified atom stereocenters. The third-order valence-electron chi connectivity index (χ3n) is 7.60. The summed E-state index contributed by atoms with van der Waals surface area (Å²) in [6.07, 6.45) is 0.945. The number of benzene rings is 2. The Labute approximate surface area is 222 Å². The van der Waals surface area contributed by atoms with Gasteiger partial charge in [0.2, 0.25) is 5.89 Å². The summed E-state index contributed by atoms with van der Waals surface area (Å²) in [6, 6.07) is 17.7. The lowest BCUT2D eigenvalue weighted by molar-refractivity contribution is -0.143. The zero-order valence-corrected chi connectivity index (χ0v) is 22.1. The van der Waals surface area contributed by atoms with E-state index in [2.05, 4.69) is 4.98 Å². The zero-order valence-electron chi connectivity index (χ0n) is 22.1. The summed E-state index contributed by atoms with van der Waals surface area (Å²) < 4.78 is 17.2. The molecule has 1 N–H and O–H groups in total. The quantitative estimate of drug-likeness (QED) is 0.396. The molecule has 3 aromatic rings. The van der Waals surface area contributed by atoms with E-state index in [0.717, 1.165) is 34.8 Å². The molecule has 0 bridgehead atoms. The molecule has 2 heterocycles. The first-order valence-corrected chi connectivity index (χ1v) is 13.2. The Morgan fingerprint density at radius 2 is 1.89 bits per heavy atom. The molecule has 1 aliphatic carbocycles. The van der Waals surface area contributed by atoms with Gasteiger partial charge in [-0.25, -0.2) is 9.78 Å². The number of carbonyl (C=O) groups excluding carboxylic acids is 1. The molecule has 2 aliphatic rings. The number of oxazole rings is 1. The summed E-state index contributed by atoms with van der Waals surface area (Å²) in [5.41, 5.74) is 2.45. The van der Waals surface area contributed by atoms with Gasteiger partial charge in [0, 0.05) is 30.5 Å². The number of nitrogens with zero attached hydrogens (tertiary/aromatic N) is 2. The number of aryl methyl sites for hydroxylation is 1. The number of aliphatic carboxylic acids is 1. The molecule has 2 aromatic carbocycles. The molecular weight excluding hydrogens is 484 g/mol. The maximum Gasteiger partial charge on any atom is 0.409 e. The standard InChI is InChI=1S/C30H34N2O6/c1-19(2)17-37-29(35)32-16-25(28(33)34)30(18-32)15-24(30)21-9-11-23(12-10-21)36-14-13-26-20(3)38-27(31-26)22-7-5-4-6-8-22/h4-12,19,24-25H,13-18H2,1-3H3,(H,33,34)/t24-,25-,30?/m1/s1. The number of carboxylic acids is 1. The maximum atomic E-state index is 12.5. The highest BCUT2D eigenvalue weighted by Gasteiger charge is 2.66. The molecule has 3 atom stereocenters. The van der Waals surface area contributed by atoms with E-state index in [0.29, 0.717) is 32.1 Å². The molecule has 1 aliphatic heterocycles. The van der Waals surface area contributed by atoms with Gasteiger partial charge in [-0.3, -0.25) is 4.79 Å². The van der Waals surface area contributed by atoms with Crippen LogP contribution < -0.4 is 4.74 Å². The van der Waals surface area contributed by atoms with Gasteiger partial charge in [-0.1, -0.05) is 44.2 Å². The number of carboxylic acid groups (broad SMARTS) is 1. The minimum atomic E-state index is -0.856. The number of amides is 1. The van der Waals surface area contributed by atoms with Crippen molar-refractivity contribution in [2.24, 2.45) is 17.3 Å². The SMILES string of the molecule is Cc1oc(-c2ccccc2)nc1CCOc1ccc([C@H]2CC23CN(C(=O)OCC(C)C)C[C@@H]3C(=O)O)cc1. The Kier molecular flexibility index (Phi) is 7.15. The van der Waals surface area contributed by atoms with Crippen LogP contribution in [0.5, 0.6) is 5.75 Å². The number of ether oxygens (including phenoxy) is 2. The fraction of sp³-hybridized carbons (Fsp3) is 0.433. The second-order valence-electron chi connectivity index (χ2n) is 10.8. The van der Waals surface area contributed by atoms with Gasteiger partial charge in [0.05, 0.1) is 24.8 Å². The van der Waals surface area contributed by atoms with E-state index in [4.69, 9.17) is 13.9 Å². The van der Waals surface area contributed by atoms with Crippen LogP contribution in [0, 0.1) is 24.2 Å². The summed E-state index contributed by atoms with van der Waals surface area (Å²) in [5, 5.41) is 9.88. The van der Waals surface area contributed by atoms with Gasteiger partial charge >= 0.3 is 12.1 Å². The number of likely N-dealkylation sites (tertiary alicyclic amines) is 1. The number of rotatable bonds is 9. The summed E-state index contributed by atoms with van der Waals surface area (Å²) >= 11 is 0. The molecule has 1 saturated heterocycles. The predicted octanol–water partition coefficient (Wildman–Crippen LogP) is 5.55. The Bertz CT molecular complexity index is 1290. The Morgan fingerprint density at radius 1 is 1.16 bits per heavy atom. The van der Waals surface area contributed by atoms with E-state index in [1.807, 2.05) is 75.4 Å². The number of aromatic nitrogens is 1. The lowest BCUT2D eigenvalue weighted by atomic mass is 9.88. The molecular formula is C30H34N2O6. The van der Waals surface area contributed by atoms with Crippen molar-refractivity contribution in [2.75, 3.05) is 26.3 Å². The predicted molar refractivity (Wildman–Crippen MR) is 141 cm³/mol. The van der Waals surface area contributed by atoms with E-state index in [1.165, 1.54) is 0 Å². The molecule has 1 saturated carbocycles. The highest BCUT2D eigenvalue weighted by Crippen LogP contribution is 2.66. The number of hydrogen-bond donors (Lipinski definition) is 1. The van der Waals surface area contributed by atoms with E-state index in [-0.39, 0.29) is 18.4 Å². The number of carbonyl (C=O) groups is 2. The van der Waals surface area contributed by atoms with Crippen LogP contribution in [0.1, 0.15) is 43.2 Å². The molecule has 1 spiro atoms. The van der Waals surface area contributed by atoms with Crippen molar-refractivity contribution in [3.05, 3.63) is 71.6 Å². The fourth-order valence-electron chi connectivity index (χ4n) is 5.48. The average Bonchev–Trinajstić information content (AvgIpc) is 3.28. The van der Waals surface area contributed by atoms with Crippen LogP contribution in [0.4, 0.5) is 4.79 Å². The van der Waals surface area contributed by atoms with Crippen LogP contribution in [0.15, 0.2) is 59.0 Å². The van der Waals surface area contributed by atoms with Crippen LogP contribution in [-0.2, 0) is 16.0 Å². The summed E-state index contributed by atoms with van der Waals surface area (Å²) in [6.45, 7) is 7.25. The molecule has 0 radical (unpaired) electrons. The lowest BCUT2D eigenvalue weighted by Crippen LogP contribution is -2.31. The van der Waals surface area contributed by atoms with Crippen molar-refractivity contribution in [1.82, 2.24) is 9.88 Å². The first-order valence-electron chi connectivity index (χ1n) is 13.2. The third-order valence-corrected chi connectivity index (χ3v) is 7.60. The van der Waals surface area contributed by atoms with Crippen molar-refractivity contribution in [2.45, 2.75) is 39.5 Å². The summed E-state index contributed by atoms with van der Waals surface area (Å²) in [4.78, 5) is 30.7. The largest absolute Gasteiger partial charge is 0.493 e. The van der Waals surface area contributed by atoms with Crippen LogP contribution in [0.25, 0.3) is 11.5 Å². The summed E-state index contributed by atoms with van der Waals surface area (Å²) in [5.74, 6) is 1.01. The second-order valence-corrected chi connectivity index (χ2v) is 10.8. The molecule has 1 aromatic heterocycles. The van der Waals surface area contributed by atoms with Crippen LogP contribution in [-0.4, -0.2) is 53.4 Å². The minimum absolute atomic E-state index is 0.0923.